The van der Waals surface area contributed by atoms with E-state index >= 15 is 0 Å². The number of nitrogens with zero attached hydrogens (tertiary/aromatic N) is 1. The van der Waals surface area contributed by atoms with Crippen molar-refractivity contribution in [3.63, 3.8) is 0 Å². The summed E-state index contributed by atoms with van der Waals surface area (Å²) in [4.78, 5) is 24.5. The van der Waals surface area contributed by atoms with Gasteiger partial charge >= 0.3 is 5.97 Å². The molecule has 0 amide bonds. The van der Waals surface area contributed by atoms with Crippen LogP contribution in [-0.2, 0) is 26.1 Å². The first-order chi connectivity index (χ1) is 14.7. The minimum Gasteiger partial charge on any atom is -0.467 e. The molecule has 1 N–H and O–H groups in total. The topological polar surface area (TPSA) is 108 Å². The number of aromatic nitrogens is 1. The Balaban J connectivity index is 1.56. The van der Waals surface area contributed by atoms with Crippen molar-refractivity contribution in [2.75, 3.05) is 13.2 Å². The van der Waals surface area contributed by atoms with Gasteiger partial charge in [-0.3, -0.25) is 9.59 Å². The fourth-order valence-electron chi connectivity index (χ4n) is 3.11. The van der Waals surface area contributed by atoms with Gasteiger partial charge in [0.1, 0.15) is 12.3 Å². The third-order valence-electron chi connectivity index (χ3n) is 4.87. The van der Waals surface area contributed by atoms with Crippen molar-refractivity contribution in [1.82, 2.24) is 9.29 Å². The van der Waals surface area contributed by atoms with Crippen LogP contribution in [0.15, 0.2) is 58.0 Å². The lowest BCUT2D eigenvalue weighted by Gasteiger charge is -2.09. The van der Waals surface area contributed by atoms with Gasteiger partial charge in [-0.1, -0.05) is 17.7 Å². The molecule has 1 aromatic carbocycles. The molecule has 31 heavy (non-hydrogen) atoms. The Labute approximate surface area is 180 Å². The SMILES string of the molecule is Cc1ccc(S(=O)(=O)NCC(=O)OCC(=O)c2cc(C)n(Cc3ccco3)c2C)cc1. The highest BCUT2D eigenvalue weighted by Gasteiger charge is 2.19. The van der Waals surface area contributed by atoms with Crippen molar-refractivity contribution in [2.24, 2.45) is 0 Å². The molecule has 0 saturated heterocycles. The number of esters is 1. The highest BCUT2D eigenvalue weighted by atomic mass is 32.2. The molecule has 0 atom stereocenters. The summed E-state index contributed by atoms with van der Waals surface area (Å²) in [6.45, 7) is 4.96. The van der Waals surface area contributed by atoms with Crippen LogP contribution in [0.4, 0.5) is 0 Å². The van der Waals surface area contributed by atoms with Gasteiger partial charge in [-0.2, -0.15) is 4.72 Å². The molecule has 0 fully saturated rings. The molecule has 164 valence electrons. The molecule has 9 heteroatoms. The zero-order chi connectivity index (χ0) is 22.6. The third kappa shape index (κ3) is 5.50. The van der Waals surface area contributed by atoms with E-state index in [4.69, 9.17) is 9.15 Å². The van der Waals surface area contributed by atoms with E-state index in [1.165, 1.54) is 12.1 Å². The largest absolute Gasteiger partial charge is 0.467 e. The lowest BCUT2D eigenvalue weighted by Crippen LogP contribution is -2.31. The van der Waals surface area contributed by atoms with Crippen molar-refractivity contribution in [1.29, 1.82) is 0 Å². The van der Waals surface area contributed by atoms with Gasteiger partial charge in [0, 0.05) is 17.0 Å². The molecule has 8 nitrogen and oxygen atoms in total. The second kappa shape index (κ2) is 9.32. The van der Waals surface area contributed by atoms with Crippen LogP contribution in [0.3, 0.4) is 0 Å². The van der Waals surface area contributed by atoms with Crippen LogP contribution in [0, 0.1) is 20.8 Å². The van der Waals surface area contributed by atoms with Gasteiger partial charge < -0.3 is 13.7 Å². The van der Waals surface area contributed by atoms with E-state index in [1.54, 1.807) is 37.5 Å². The zero-order valence-corrected chi connectivity index (χ0v) is 18.4. The van der Waals surface area contributed by atoms with Crippen molar-refractivity contribution < 1.29 is 27.2 Å². The van der Waals surface area contributed by atoms with E-state index in [2.05, 4.69) is 4.72 Å². The fraction of sp³-hybridized carbons (Fsp3) is 0.273. The van der Waals surface area contributed by atoms with Gasteiger partial charge in [-0.05, 0) is 51.1 Å². The Hall–Kier alpha value is -3.17. The van der Waals surface area contributed by atoms with Crippen molar-refractivity contribution >= 4 is 21.8 Å². The minimum atomic E-state index is -3.84. The number of Topliss-reactive ketones (excluding diaryl/α,β-unsaturated/α-hetero) is 1. The van der Waals surface area contributed by atoms with Crippen LogP contribution < -0.4 is 4.72 Å². The van der Waals surface area contributed by atoms with E-state index in [0.29, 0.717) is 12.1 Å². The molecule has 0 radical (unpaired) electrons. The number of ketones is 1. The van der Waals surface area contributed by atoms with Gasteiger partial charge in [-0.15, -0.1) is 0 Å². The molecule has 3 aromatic rings. The van der Waals surface area contributed by atoms with E-state index < -0.39 is 29.1 Å². The highest BCUT2D eigenvalue weighted by Crippen LogP contribution is 2.18. The molecule has 2 aromatic heterocycles. The van der Waals surface area contributed by atoms with Crippen LogP contribution >= 0.6 is 0 Å². The number of ether oxygens (including phenoxy) is 1. The summed E-state index contributed by atoms with van der Waals surface area (Å²) in [5.74, 6) is -0.449. The molecule has 0 saturated carbocycles. The first-order valence-corrected chi connectivity index (χ1v) is 11.1. The average Bonchev–Trinajstić information content (AvgIpc) is 3.34. The van der Waals surface area contributed by atoms with E-state index in [-0.39, 0.29) is 10.7 Å². The Morgan fingerprint density at radius 3 is 2.45 bits per heavy atom. The number of nitrogens with one attached hydrogen (secondary N) is 1. The predicted molar refractivity (Wildman–Crippen MR) is 113 cm³/mol. The summed E-state index contributed by atoms with van der Waals surface area (Å²) in [7, 11) is -3.84. The summed E-state index contributed by atoms with van der Waals surface area (Å²) < 4.78 is 38.9. The van der Waals surface area contributed by atoms with E-state index in [9.17, 15) is 18.0 Å². The number of sulfonamides is 1. The lowest BCUT2D eigenvalue weighted by molar-refractivity contribution is -0.141. The van der Waals surface area contributed by atoms with Crippen LogP contribution in [0.2, 0.25) is 0 Å². The number of hydrogen-bond donors (Lipinski definition) is 1. The van der Waals surface area contributed by atoms with Gasteiger partial charge in [-0.25, -0.2) is 8.42 Å². The summed E-state index contributed by atoms with van der Waals surface area (Å²) in [6.07, 6.45) is 1.59. The molecule has 0 unspecified atom stereocenters. The molecule has 2 heterocycles. The summed E-state index contributed by atoms with van der Waals surface area (Å²) in [5, 5.41) is 0. The standard InChI is InChI=1S/C22H24N2O6S/c1-15-6-8-19(9-7-15)31(27,28)23-12-22(26)30-14-21(25)20-11-16(2)24(17(20)3)13-18-5-4-10-29-18/h4-11,23H,12-14H2,1-3H3. The first kappa shape index (κ1) is 22.5. The zero-order valence-electron chi connectivity index (χ0n) is 17.5. The Morgan fingerprint density at radius 2 is 1.81 bits per heavy atom. The number of furan rings is 1. The third-order valence-corrected chi connectivity index (χ3v) is 6.29. The van der Waals surface area contributed by atoms with Crippen LogP contribution in [0.1, 0.15) is 33.1 Å². The molecule has 0 bridgehead atoms. The van der Waals surface area contributed by atoms with E-state index in [1.807, 2.05) is 24.5 Å². The summed E-state index contributed by atoms with van der Waals surface area (Å²) in [6, 6.07) is 11.6. The monoisotopic (exact) mass is 444 g/mol. The molecule has 0 aliphatic heterocycles. The molecule has 0 spiro atoms. The van der Waals surface area contributed by atoms with Crippen molar-refractivity contribution in [3.05, 3.63) is 77.0 Å². The Kier molecular flexibility index (Phi) is 6.77. The average molecular weight is 445 g/mol. The lowest BCUT2D eigenvalue weighted by atomic mass is 10.1. The number of carbonyl (C=O) groups is 2. The second-order valence-electron chi connectivity index (χ2n) is 7.17. The van der Waals surface area contributed by atoms with Gasteiger partial charge in [0.25, 0.3) is 0 Å². The van der Waals surface area contributed by atoms with Crippen LogP contribution in [0.25, 0.3) is 0 Å². The fourth-order valence-corrected chi connectivity index (χ4v) is 4.08. The van der Waals surface area contributed by atoms with Crippen molar-refractivity contribution in [3.8, 4) is 0 Å². The normalized spacial score (nSPS) is 11.5. The second-order valence-corrected chi connectivity index (χ2v) is 8.94. The van der Waals surface area contributed by atoms with E-state index in [0.717, 1.165) is 22.7 Å². The van der Waals surface area contributed by atoms with Gasteiger partial charge in [0.05, 0.1) is 17.7 Å². The number of aryl methyl sites for hydroxylation is 2. The molecule has 3 rings (SSSR count). The summed E-state index contributed by atoms with van der Waals surface area (Å²) in [5.41, 5.74) is 2.96. The van der Waals surface area contributed by atoms with Crippen molar-refractivity contribution in [2.45, 2.75) is 32.2 Å². The number of rotatable bonds is 9. The summed E-state index contributed by atoms with van der Waals surface area (Å²) >= 11 is 0. The molecular formula is C22H24N2O6S. The number of benzene rings is 1. The molecule has 0 aliphatic carbocycles. The van der Waals surface area contributed by atoms with Crippen LogP contribution in [-0.4, -0.2) is 37.9 Å². The Bertz CT molecular complexity index is 1180. The molecular weight excluding hydrogens is 420 g/mol. The number of carbonyl (C=O) groups excluding carboxylic acids is 2. The quantitative estimate of drug-likeness (QED) is 0.402. The van der Waals surface area contributed by atoms with Crippen LogP contribution in [0.5, 0.6) is 0 Å². The molecule has 0 aliphatic rings. The Morgan fingerprint density at radius 1 is 1.10 bits per heavy atom. The maximum atomic E-state index is 12.5. The highest BCUT2D eigenvalue weighted by molar-refractivity contribution is 7.89. The van der Waals surface area contributed by atoms with Gasteiger partial charge in [0.2, 0.25) is 15.8 Å². The van der Waals surface area contributed by atoms with Gasteiger partial charge in [0.15, 0.2) is 6.61 Å². The number of hydrogen-bond acceptors (Lipinski definition) is 6. The smallest absolute Gasteiger partial charge is 0.321 e. The predicted octanol–water partition coefficient (Wildman–Crippen LogP) is 2.76. The minimum absolute atomic E-state index is 0.0472. The maximum absolute atomic E-state index is 12.5. The first-order valence-electron chi connectivity index (χ1n) is 9.61. The maximum Gasteiger partial charge on any atom is 0.321 e.